The molecule has 0 fully saturated rings. The average molecular weight is 437 g/mol. The number of halogens is 2. The Labute approximate surface area is 178 Å². The molecule has 0 radical (unpaired) electrons. The Morgan fingerprint density at radius 3 is 2.32 bits per heavy atom. The molecular formula is C21H25F2N3O5. The van der Waals surface area contributed by atoms with E-state index in [-0.39, 0.29) is 23.9 Å². The number of carbonyl (C=O) groups is 1. The minimum atomic E-state index is -3.20. The Kier molecular flexibility index (Phi) is 8.68. The van der Waals surface area contributed by atoms with E-state index in [1.54, 1.807) is 0 Å². The standard InChI is InChI=1S/C21H25F2N3O5/c1-4-25(5-2)17(14-9-7-6-8-10-14)13-24-20(27)15-11-18(30-3)19(31-21(22)23)12-16(15)26(28)29/h6-12,17,21H,4-5,13H2,1-3H3,(H,24,27). The highest BCUT2D eigenvalue weighted by Gasteiger charge is 2.27. The summed E-state index contributed by atoms with van der Waals surface area (Å²) in [5.74, 6) is -1.45. The Balaban J connectivity index is 2.33. The van der Waals surface area contributed by atoms with Gasteiger partial charge in [0.05, 0.1) is 24.1 Å². The number of methoxy groups -OCH3 is 1. The third-order valence-corrected chi connectivity index (χ3v) is 4.83. The van der Waals surface area contributed by atoms with E-state index in [1.807, 2.05) is 44.2 Å². The van der Waals surface area contributed by atoms with Gasteiger partial charge in [-0.3, -0.25) is 19.8 Å². The second-order valence-corrected chi connectivity index (χ2v) is 6.51. The van der Waals surface area contributed by atoms with Gasteiger partial charge in [0.1, 0.15) is 5.56 Å². The molecule has 0 saturated heterocycles. The molecule has 0 heterocycles. The molecular weight excluding hydrogens is 412 g/mol. The fraction of sp³-hybridized carbons (Fsp3) is 0.381. The van der Waals surface area contributed by atoms with Crippen molar-refractivity contribution >= 4 is 11.6 Å². The van der Waals surface area contributed by atoms with Crippen LogP contribution in [0.3, 0.4) is 0 Å². The van der Waals surface area contributed by atoms with Crippen LogP contribution in [0.1, 0.15) is 35.8 Å². The SMILES string of the molecule is CCN(CC)C(CNC(=O)c1cc(OC)c(OC(F)F)cc1[N+](=O)[O-])c1ccccc1. The molecule has 0 aliphatic carbocycles. The molecule has 0 aliphatic rings. The third kappa shape index (κ3) is 6.11. The van der Waals surface area contributed by atoms with Gasteiger partial charge in [-0.25, -0.2) is 0 Å². The normalized spacial score (nSPS) is 12.0. The Morgan fingerprint density at radius 2 is 1.81 bits per heavy atom. The maximum atomic E-state index is 12.8. The largest absolute Gasteiger partial charge is 0.493 e. The van der Waals surface area contributed by atoms with Crippen molar-refractivity contribution in [2.75, 3.05) is 26.7 Å². The number of nitro groups is 1. The summed E-state index contributed by atoms with van der Waals surface area (Å²) in [6.45, 7) is 2.46. The number of hydrogen-bond donors (Lipinski definition) is 1. The Morgan fingerprint density at radius 1 is 1.16 bits per heavy atom. The minimum Gasteiger partial charge on any atom is -0.493 e. The second kappa shape index (κ2) is 11.2. The first kappa shape index (κ1) is 24.0. The number of amides is 1. The molecule has 0 bridgehead atoms. The van der Waals surface area contributed by atoms with Crippen LogP contribution in [0.15, 0.2) is 42.5 Å². The van der Waals surface area contributed by atoms with Crippen molar-refractivity contribution in [2.24, 2.45) is 0 Å². The first-order chi connectivity index (χ1) is 14.8. The maximum Gasteiger partial charge on any atom is 0.387 e. The fourth-order valence-corrected chi connectivity index (χ4v) is 3.31. The molecule has 10 heteroatoms. The van der Waals surface area contributed by atoms with E-state index >= 15 is 0 Å². The summed E-state index contributed by atoms with van der Waals surface area (Å²) in [5.41, 5.74) is 0.0159. The van der Waals surface area contributed by atoms with Crippen molar-refractivity contribution in [3.8, 4) is 11.5 Å². The van der Waals surface area contributed by atoms with Crippen LogP contribution in [0.5, 0.6) is 11.5 Å². The van der Waals surface area contributed by atoms with E-state index in [2.05, 4.69) is 15.0 Å². The topological polar surface area (TPSA) is 93.9 Å². The van der Waals surface area contributed by atoms with Crippen molar-refractivity contribution in [3.05, 3.63) is 63.7 Å². The van der Waals surface area contributed by atoms with Crippen molar-refractivity contribution in [3.63, 3.8) is 0 Å². The third-order valence-electron chi connectivity index (χ3n) is 4.83. The number of nitrogens with one attached hydrogen (secondary N) is 1. The molecule has 2 rings (SSSR count). The average Bonchev–Trinajstić information content (AvgIpc) is 2.76. The molecule has 1 atom stereocenters. The molecule has 1 unspecified atom stereocenters. The van der Waals surface area contributed by atoms with Crippen molar-refractivity contribution in [1.82, 2.24) is 10.2 Å². The number of nitrogens with zero attached hydrogens (tertiary/aromatic N) is 2. The molecule has 0 saturated carbocycles. The zero-order chi connectivity index (χ0) is 23.0. The van der Waals surface area contributed by atoms with Crippen molar-refractivity contribution in [2.45, 2.75) is 26.5 Å². The van der Waals surface area contributed by atoms with E-state index in [1.165, 1.54) is 7.11 Å². The van der Waals surface area contributed by atoms with E-state index < -0.39 is 28.9 Å². The van der Waals surface area contributed by atoms with Crippen LogP contribution in [0, 0.1) is 10.1 Å². The van der Waals surface area contributed by atoms with E-state index in [0.717, 1.165) is 30.8 Å². The fourth-order valence-electron chi connectivity index (χ4n) is 3.31. The summed E-state index contributed by atoms with van der Waals surface area (Å²) in [6, 6.07) is 11.2. The minimum absolute atomic E-state index is 0.150. The van der Waals surface area contributed by atoms with Crippen LogP contribution < -0.4 is 14.8 Å². The summed E-state index contributed by atoms with van der Waals surface area (Å²) < 4.78 is 34.5. The zero-order valence-electron chi connectivity index (χ0n) is 17.5. The van der Waals surface area contributed by atoms with Gasteiger partial charge < -0.3 is 14.8 Å². The number of ether oxygens (including phenoxy) is 2. The van der Waals surface area contributed by atoms with Crippen LogP contribution in [-0.4, -0.2) is 49.1 Å². The number of alkyl halides is 2. The lowest BCUT2D eigenvalue weighted by Crippen LogP contribution is -2.38. The number of benzene rings is 2. The molecule has 1 amide bonds. The molecule has 2 aromatic carbocycles. The number of hydrogen-bond acceptors (Lipinski definition) is 6. The Bertz CT molecular complexity index is 892. The van der Waals surface area contributed by atoms with E-state index in [4.69, 9.17) is 4.74 Å². The number of carbonyl (C=O) groups excluding carboxylic acids is 1. The van der Waals surface area contributed by atoms with Crippen LogP contribution in [0.2, 0.25) is 0 Å². The van der Waals surface area contributed by atoms with Crippen molar-refractivity contribution in [1.29, 1.82) is 0 Å². The van der Waals surface area contributed by atoms with Gasteiger partial charge in [0.2, 0.25) is 0 Å². The van der Waals surface area contributed by atoms with Crippen LogP contribution >= 0.6 is 0 Å². The van der Waals surface area contributed by atoms with Gasteiger partial charge in [0.15, 0.2) is 11.5 Å². The second-order valence-electron chi connectivity index (χ2n) is 6.51. The molecule has 168 valence electrons. The van der Waals surface area contributed by atoms with Gasteiger partial charge in [-0.2, -0.15) is 8.78 Å². The van der Waals surface area contributed by atoms with E-state index in [0.29, 0.717) is 0 Å². The van der Waals surface area contributed by atoms with Crippen LogP contribution in [0.4, 0.5) is 14.5 Å². The lowest BCUT2D eigenvalue weighted by Gasteiger charge is -2.30. The molecule has 2 aromatic rings. The maximum absolute atomic E-state index is 12.8. The first-order valence-corrected chi connectivity index (χ1v) is 9.70. The molecule has 8 nitrogen and oxygen atoms in total. The molecule has 0 spiro atoms. The molecule has 0 aliphatic heterocycles. The van der Waals surface area contributed by atoms with Gasteiger partial charge >= 0.3 is 6.61 Å². The van der Waals surface area contributed by atoms with Gasteiger partial charge in [-0.05, 0) is 18.7 Å². The lowest BCUT2D eigenvalue weighted by molar-refractivity contribution is -0.385. The van der Waals surface area contributed by atoms with Crippen molar-refractivity contribution < 1.29 is 28.0 Å². The number of nitro benzene ring substituents is 1. The van der Waals surface area contributed by atoms with Gasteiger partial charge in [0.25, 0.3) is 11.6 Å². The number of likely N-dealkylation sites (N-methyl/N-ethyl adjacent to an activating group) is 1. The first-order valence-electron chi connectivity index (χ1n) is 9.70. The molecule has 31 heavy (non-hydrogen) atoms. The summed E-state index contributed by atoms with van der Waals surface area (Å²) >= 11 is 0. The van der Waals surface area contributed by atoms with Gasteiger partial charge in [0, 0.05) is 12.6 Å². The predicted octanol–water partition coefficient (Wildman–Crippen LogP) is 4.02. The highest BCUT2D eigenvalue weighted by molar-refractivity contribution is 5.99. The highest BCUT2D eigenvalue weighted by Crippen LogP contribution is 2.35. The predicted molar refractivity (Wildman–Crippen MR) is 111 cm³/mol. The highest BCUT2D eigenvalue weighted by atomic mass is 19.3. The smallest absolute Gasteiger partial charge is 0.387 e. The summed E-state index contributed by atoms with van der Waals surface area (Å²) in [4.78, 5) is 25.6. The van der Waals surface area contributed by atoms with Gasteiger partial charge in [-0.1, -0.05) is 44.2 Å². The van der Waals surface area contributed by atoms with Crippen LogP contribution in [-0.2, 0) is 0 Å². The Hall–Kier alpha value is -3.27. The van der Waals surface area contributed by atoms with Gasteiger partial charge in [-0.15, -0.1) is 0 Å². The monoisotopic (exact) mass is 437 g/mol. The quantitative estimate of drug-likeness (QED) is 0.422. The zero-order valence-corrected chi connectivity index (χ0v) is 17.5. The summed E-state index contributed by atoms with van der Waals surface area (Å²) in [5, 5.41) is 14.2. The molecule has 1 N–H and O–H groups in total. The number of rotatable bonds is 11. The summed E-state index contributed by atoms with van der Waals surface area (Å²) in [7, 11) is 1.19. The lowest BCUT2D eigenvalue weighted by atomic mass is 10.0. The van der Waals surface area contributed by atoms with Crippen LogP contribution in [0.25, 0.3) is 0 Å². The summed E-state index contributed by atoms with van der Waals surface area (Å²) in [6.07, 6.45) is 0. The van der Waals surface area contributed by atoms with E-state index in [9.17, 15) is 23.7 Å². The molecule has 0 aromatic heterocycles.